The molecule has 1 aromatic rings. The lowest BCUT2D eigenvalue weighted by Crippen LogP contribution is -2.41. The zero-order chi connectivity index (χ0) is 9.59. The first-order valence-electron chi connectivity index (χ1n) is 4.65. The highest BCUT2D eigenvalue weighted by molar-refractivity contribution is 7.12. The van der Waals surface area contributed by atoms with Crippen molar-refractivity contribution in [1.29, 1.82) is 0 Å². The van der Waals surface area contributed by atoms with Gasteiger partial charge in [0.05, 0.1) is 5.69 Å². The van der Waals surface area contributed by atoms with Crippen LogP contribution >= 0.6 is 11.3 Å². The summed E-state index contributed by atoms with van der Waals surface area (Å²) in [5.41, 5.74) is 2.89. The van der Waals surface area contributed by atoms with Gasteiger partial charge in [-0.05, 0) is 25.8 Å². The summed E-state index contributed by atoms with van der Waals surface area (Å²) in [4.78, 5) is 3.02. The molecule has 2 nitrogen and oxygen atoms in total. The molecular weight excluding hydrogens is 180 g/mol. The summed E-state index contributed by atoms with van der Waals surface area (Å²) in [5, 5.41) is 4.55. The average molecular weight is 196 g/mol. The van der Waals surface area contributed by atoms with Crippen LogP contribution in [0.15, 0.2) is 0 Å². The number of nitrogens with zero attached hydrogens (tertiary/aromatic N) is 2. The maximum Gasteiger partial charge on any atom is 0.0690 e. The molecule has 0 N–H and O–H groups in total. The van der Waals surface area contributed by atoms with E-state index in [-0.39, 0.29) is 0 Å². The van der Waals surface area contributed by atoms with E-state index in [1.807, 2.05) is 11.3 Å². The zero-order valence-electron chi connectivity index (χ0n) is 8.72. The van der Waals surface area contributed by atoms with Crippen molar-refractivity contribution in [3.8, 4) is 0 Å². The Balaban J connectivity index is 2.51. The molecule has 1 aliphatic rings. The largest absolute Gasteiger partial charge is 0.308 e. The van der Waals surface area contributed by atoms with Crippen LogP contribution in [0.4, 0.5) is 5.69 Å². The minimum Gasteiger partial charge on any atom is -0.308 e. The van der Waals surface area contributed by atoms with Crippen molar-refractivity contribution in [2.75, 3.05) is 25.6 Å². The highest BCUT2D eigenvalue weighted by Crippen LogP contribution is 2.37. The number of fused-ring (bicyclic) bond motifs is 1. The van der Waals surface area contributed by atoms with Gasteiger partial charge in [-0.25, -0.2) is 5.01 Å². The molecule has 2 heterocycles. The molecule has 0 amide bonds. The molecule has 2 rings (SSSR count). The predicted molar refractivity (Wildman–Crippen MR) is 58.5 cm³/mol. The topological polar surface area (TPSA) is 6.48 Å². The van der Waals surface area contributed by atoms with E-state index >= 15 is 0 Å². The summed E-state index contributed by atoms with van der Waals surface area (Å²) in [5.74, 6) is 0. The quantitative estimate of drug-likeness (QED) is 0.627. The first kappa shape index (κ1) is 9.03. The number of hydrogen-bond acceptors (Lipinski definition) is 3. The van der Waals surface area contributed by atoms with Crippen LogP contribution in [-0.2, 0) is 6.42 Å². The molecule has 0 aromatic carbocycles. The molecule has 0 saturated heterocycles. The van der Waals surface area contributed by atoms with Gasteiger partial charge in [0.2, 0.25) is 0 Å². The molecule has 0 aliphatic carbocycles. The number of rotatable bonds is 0. The van der Waals surface area contributed by atoms with Crippen molar-refractivity contribution in [3.63, 3.8) is 0 Å². The van der Waals surface area contributed by atoms with E-state index in [2.05, 4.69) is 38.0 Å². The second-order valence-electron chi connectivity index (χ2n) is 3.71. The van der Waals surface area contributed by atoms with Crippen molar-refractivity contribution >= 4 is 17.0 Å². The monoisotopic (exact) mass is 196 g/mol. The van der Waals surface area contributed by atoms with Gasteiger partial charge in [-0.2, -0.15) is 0 Å². The second kappa shape index (κ2) is 3.00. The van der Waals surface area contributed by atoms with Crippen LogP contribution in [0.3, 0.4) is 0 Å². The van der Waals surface area contributed by atoms with Crippen LogP contribution in [-0.4, -0.2) is 25.6 Å². The molecular formula is C10H16N2S. The third-order valence-electron chi connectivity index (χ3n) is 2.92. The van der Waals surface area contributed by atoms with Crippen LogP contribution < -0.4 is 5.01 Å². The van der Waals surface area contributed by atoms with E-state index in [1.54, 1.807) is 4.88 Å². The third kappa shape index (κ3) is 1.27. The van der Waals surface area contributed by atoms with Crippen molar-refractivity contribution in [1.82, 2.24) is 5.01 Å². The maximum absolute atomic E-state index is 2.28. The number of hydrazine groups is 1. The Morgan fingerprint density at radius 1 is 1.23 bits per heavy atom. The van der Waals surface area contributed by atoms with Crippen LogP contribution in [0.5, 0.6) is 0 Å². The van der Waals surface area contributed by atoms with Gasteiger partial charge >= 0.3 is 0 Å². The Bertz CT molecular complexity index is 330. The van der Waals surface area contributed by atoms with Gasteiger partial charge in [0.15, 0.2) is 0 Å². The van der Waals surface area contributed by atoms with Gasteiger partial charge < -0.3 is 5.01 Å². The molecule has 0 radical (unpaired) electrons. The summed E-state index contributed by atoms with van der Waals surface area (Å²) in [6.45, 7) is 5.58. The highest BCUT2D eigenvalue weighted by Gasteiger charge is 2.23. The molecule has 0 unspecified atom stereocenters. The maximum atomic E-state index is 2.28. The number of aryl methyl sites for hydroxylation is 1. The Labute approximate surface area is 83.7 Å². The lowest BCUT2D eigenvalue weighted by molar-refractivity contribution is 0.315. The van der Waals surface area contributed by atoms with Gasteiger partial charge in [-0.1, -0.05) is 0 Å². The molecule has 3 heteroatoms. The van der Waals surface area contributed by atoms with Gasteiger partial charge in [0.25, 0.3) is 0 Å². The minimum absolute atomic E-state index is 1.14. The summed E-state index contributed by atoms with van der Waals surface area (Å²) in [6, 6.07) is 0. The van der Waals surface area contributed by atoms with E-state index < -0.39 is 0 Å². The molecule has 72 valence electrons. The molecule has 0 atom stereocenters. The van der Waals surface area contributed by atoms with E-state index in [1.165, 1.54) is 22.5 Å². The Morgan fingerprint density at radius 2 is 1.92 bits per heavy atom. The number of anilines is 1. The lowest BCUT2D eigenvalue weighted by atomic mass is 10.1. The predicted octanol–water partition coefficient (Wildman–Crippen LogP) is 2.20. The number of hydrogen-bond donors (Lipinski definition) is 0. The van der Waals surface area contributed by atoms with Gasteiger partial charge in [0.1, 0.15) is 0 Å². The molecule has 0 fully saturated rings. The number of likely N-dealkylation sites (N-methyl/N-ethyl adjacent to an activating group) is 1. The molecule has 13 heavy (non-hydrogen) atoms. The third-order valence-corrected chi connectivity index (χ3v) is 4.18. The van der Waals surface area contributed by atoms with Crippen LogP contribution in [0, 0.1) is 13.8 Å². The van der Waals surface area contributed by atoms with E-state index in [4.69, 9.17) is 0 Å². The minimum atomic E-state index is 1.14. The SMILES string of the molecule is Cc1sc2c(c1C)N(C)N(C)CC2. The highest BCUT2D eigenvalue weighted by atomic mass is 32.1. The molecule has 0 saturated carbocycles. The van der Waals surface area contributed by atoms with Gasteiger partial charge in [-0.3, -0.25) is 0 Å². The molecule has 0 spiro atoms. The normalized spacial score (nSPS) is 17.7. The smallest absolute Gasteiger partial charge is 0.0690 e. The Hall–Kier alpha value is -0.540. The van der Waals surface area contributed by atoms with E-state index in [0.29, 0.717) is 0 Å². The first-order chi connectivity index (χ1) is 6.11. The fourth-order valence-electron chi connectivity index (χ4n) is 1.86. The lowest BCUT2D eigenvalue weighted by Gasteiger charge is -2.35. The fourth-order valence-corrected chi connectivity index (χ4v) is 3.06. The molecule has 1 aliphatic heterocycles. The number of thiophene rings is 1. The van der Waals surface area contributed by atoms with Crippen molar-refractivity contribution in [2.45, 2.75) is 20.3 Å². The second-order valence-corrected chi connectivity index (χ2v) is 5.02. The van der Waals surface area contributed by atoms with Gasteiger partial charge in [-0.15, -0.1) is 11.3 Å². The average Bonchev–Trinajstić information content (AvgIpc) is 2.37. The zero-order valence-corrected chi connectivity index (χ0v) is 9.53. The standard InChI is InChI=1S/C10H16N2S/c1-7-8(2)13-9-5-6-11(3)12(4)10(7)9/h5-6H2,1-4H3. The van der Waals surface area contributed by atoms with Crippen LogP contribution in [0.25, 0.3) is 0 Å². The first-order valence-corrected chi connectivity index (χ1v) is 5.46. The van der Waals surface area contributed by atoms with Crippen molar-refractivity contribution in [3.05, 3.63) is 15.3 Å². The fraction of sp³-hybridized carbons (Fsp3) is 0.600. The Kier molecular flexibility index (Phi) is 2.08. The summed E-state index contributed by atoms with van der Waals surface area (Å²) >= 11 is 1.95. The van der Waals surface area contributed by atoms with Crippen molar-refractivity contribution < 1.29 is 0 Å². The van der Waals surface area contributed by atoms with Gasteiger partial charge in [0, 0.05) is 30.4 Å². The van der Waals surface area contributed by atoms with E-state index in [0.717, 1.165) is 6.54 Å². The molecule has 1 aromatic heterocycles. The summed E-state index contributed by atoms with van der Waals surface area (Å²) < 4.78 is 0. The molecule has 0 bridgehead atoms. The summed E-state index contributed by atoms with van der Waals surface area (Å²) in [7, 11) is 4.30. The summed E-state index contributed by atoms with van der Waals surface area (Å²) in [6.07, 6.45) is 1.20. The Morgan fingerprint density at radius 3 is 2.62 bits per heavy atom. The van der Waals surface area contributed by atoms with Crippen LogP contribution in [0.1, 0.15) is 15.3 Å². The van der Waals surface area contributed by atoms with Crippen LogP contribution in [0.2, 0.25) is 0 Å². The van der Waals surface area contributed by atoms with E-state index in [9.17, 15) is 0 Å². The van der Waals surface area contributed by atoms with Crippen molar-refractivity contribution in [2.24, 2.45) is 0 Å².